The molecule has 0 aliphatic rings. The van der Waals surface area contributed by atoms with E-state index in [0.29, 0.717) is 10.6 Å². The van der Waals surface area contributed by atoms with Gasteiger partial charge in [0.25, 0.3) is 5.91 Å². The van der Waals surface area contributed by atoms with Crippen molar-refractivity contribution < 1.29 is 18.7 Å². The van der Waals surface area contributed by atoms with E-state index in [0.717, 1.165) is 0 Å². The van der Waals surface area contributed by atoms with Crippen LogP contribution in [0, 0.1) is 0 Å². The molecule has 1 N–H and O–H groups in total. The van der Waals surface area contributed by atoms with Gasteiger partial charge in [-0.25, -0.2) is 0 Å². The van der Waals surface area contributed by atoms with Gasteiger partial charge in [-0.05, 0) is 23.8 Å². The minimum atomic E-state index is -0.594. The highest BCUT2D eigenvalue weighted by atomic mass is 35.5. The topological polar surface area (TPSA) is 68.5 Å². The largest absolute Gasteiger partial charge is 0.469 e. The zero-order chi connectivity index (χ0) is 15.2. The van der Waals surface area contributed by atoms with Crippen molar-refractivity contribution in [2.75, 3.05) is 7.11 Å². The Morgan fingerprint density at radius 2 is 2.05 bits per heavy atom. The highest BCUT2D eigenvalue weighted by Gasteiger charge is 2.22. The number of carbonyl (C=O) groups is 2. The summed E-state index contributed by atoms with van der Waals surface area (Å²) in [6.07, 6.45) is 1.38. The van der Waals surface area contributed by atoms with E-state index in [1.54, 1.807) is 30.3 Å². The van der Waals surface area contributed by atoms with Crippen molar-refractivity contribution in [3.05, 3.63) is 59.0 Å². The molecule has 1 amide bonds. The van der Waals surface area contributed by atoms with E-state index in [-0.39, 0.29) is 12.2 Å². The predicted octanol–water partition coefficient (Wildman–Crippen LogP) is 2.97. The summed E-state index contributed by atoms with van der Waals surface area (Å²) >= 11 is 6.13. The molecule has 1 heterocycles. The average molecular weight is 308 g/mol. The fourth-order valence-corrected chi connectivity index (χ4v) is 2.15. The number of esters is 1. The number of hydrogen-bond donors (Lipinski definition) is 1. The fraction of sp³-hybridized carbons (Fsp3) is 0.200. The van der Waals surface area contributed by atoms with Crippen molar-refractivity contribution in [1.82, 2.24) is 5.32 Å². The Hall–Kier alpha value is -2.27. The molecule has 110 valence electrons. The van der Waals surface area contributed by atoms with Crippen molar-refractivity contribution in [1.29, 1.82) is 0 Å². The second-order valence-electron chi connectivity index (χ2n) is 4.31. The van der Waals surface area contributed by atoms with Gasteiger partial charge in [0.1, 0.15) is 0 Å². The van der Waals surface area contributed by atoms with Crippen LogP contribution in [0.4, 0.5) is 0 Å². The van der Waals surface area contributed by atoms with Gasteiger partial charge in [-0.15, -0.1) is 0 Å². The van der Waals surface area contributed by atoms with E-state index < -0.39 is 17.9 Å². The van der Waals surface area contributed by atoms with E-state index >= 15 is 0 Å². The van der Waals surface area contributed by atoms with Gasteiger partial charge < -0.3 is 14.5 Å². The molecule has 21 heavy (non-hydrogen) atoms. The number of rotatable bonds is 5. The lowest BCUT2D eigenvalue weighted by atomic mass is 10.0. The second-order valence-corrected chi connectivity index (χ2v) is 4.71. The van der Waals surface area contributed by atoms with Gasteiger partial charge in [0.2, 0.25) is 0 Å². The van der Waals surface area contributed by atoms with E-state index in [1.165, 1.54) is 19.4 Å². The molecule has 5 nitrogen and oxygen atoms in total. The van der Waals surface area contributed by atoms with Gasteiger partial charge in [0.15, 0.2) is 5.76 Å². The number of furan rings is 1. The maximum atomic E-state index is 12.1. The maximum absolute atomic E-state index is 12.1. The Morgan fingerprint density at radius 3 is 2.67 bits per heavy atom. The van der Waals surface area contributed by atoms with E-state index in [9.17, 15) is 9.59 Å². The predicted molar refractivity (Wildman–Crippen MR) is 77.0 cm³/mol. The van der Waals surface area contributed by atoms with Crippen LogP contribution in [-0.4, -0.2) is 19.0 Å². The lowest BCUT2D eigenvalue weighted by molar-refractivity contribution is -0.141. The molecule has 1 aromatic carbocycles. The van der Waals surface area contributed by atoms with E-state index in [1.807, 2.05) is 0 Å². The molecule has 0 saturated carbocycles. The van der Waals surface area contributed by atoms with Crippen LogP contribution in [0.5, 0.6) is 0 Å². The monoisotopic (exact) mass is 307 g/mol. The molecule has 0 spiro atoms. The molecule has 0 unspecified atom stereocenters. The number of benzene rings is 1. The standard InChI is InChI=1S/C15H14ClNO4/c1-20-14(18)9-12(10-5-2-3-6-11(10)16)17-15(19)13-7-4-8-21-13/h2-8,12H,9H2,1H3,(H,17,19)/t12-/m1/s1. The summed E-state index contributed by atoms with van der Waals surface area (Å²) < 4.78 is 9.69. The minimum absolute atomic E-state index is 0.0211. The zero-order valence-electron chi connectivity index (χ0n) is 11.3. The van der Waals surface area contributed by atoms with Crippen molar-refractivity contribution in [3.63, 3.8) is 0 Å². The van der Waals surface area contributed by atoms with Gasteiger partial charge in [0, 0.05) is 5.02 Å². The average Bonchev–Trinajstić information content (AvgIpc) is 3.01. The molecule has 6 heteroatoms. The first-order valence-electron chi connectivity index (χ1n) is 6.27. The lowest BCUT2D eigenvalue weighted by Crippen LogP contribution is -2.30. The Bertz CT molecular complexity index is 624. The molecule has 1 atom stereocenters. The normalized spacial score (nSPS) is 11.7. The number of halogens is 1. The molecule has 0 fully saturated rings. The number of carbonyl (C=O) groups excluding carboxylic acids is 2. The molecular formula is C15H14ClNO4. The van der Waals surface area contributed by atoms with Crippen LogP contribution in [0.25, 0.3) is 0 Å². The summed E-state index contributed by atoms with van der Waals surface area (Å²) in [5.74, 6) is -0.703. The third-order valence-corrected chi connectivity index (χ3v) is 3.27. The van der Waals surface area contributed by atoms with Crippen LogP contribution in [0.1, 0.15) is 28.6 Å². The van der Waals surface area contributed by atoms with Gasteiger partial charge in [-0.3, -0.25) is 9.59 Å². The first kappa shape index (κ1) is 15.1. The number of nitrogens with one attached hydrogen (secondary N) is 1. The van der Waals surface area contributed by atoms with Gasteiger partial charge in [0.05, 0.1) is 25.8 Å². The van der Waals surface area contributed by atoms with E-state index in [2.05, 4.69) is 10.1 Å². The van der Waals surface area contributed by atoms with Crippen LogP contribution in [-0.2, 0) is 9.53 Å². The van der Waals surface area contributed by atoms with Crippen molar-refractivity contribution in [2.24, 2.45) is 0 Å². The first-order valence-corrected chi connectivity index (χ1v) is 6.65. The zero-order valence-corrected chi connectivity index (χ0v) is 12.1. The molecular weight excluding hydrogens is 294 g/mol. The smallest absolute Gasteiger partial charge is 0.307 e. The highest BCUT2D eigenvalue weighted by molar-refractivity contribution is 6.31. The number of hydrogen-bond acceptors (Lipinski definition) is 4. The lowest BCUT2D eigenvalue weighted by Gasteiger charge is -2.18. The van der Waals surface area contributed by atoms with Gasteiger partial charge in [-0.2, -0.15) is 0 Å². The molecule has 0 radical (unpaired) electrons. The molecule has 0 aliphatic heterocycles. The van der Waals surface area contributed by atoms with Crippen LogP contribution >= 0.6 is 11.6 Å². The molecule has 0 aliphatic carbocycles. The van der Waals surface area contributed by atoms with Crippen LogP contribution in [0.15, 0.2) is 47.1 Å². The Labute approximate surface area is 126 Å². The Morgan fingerprint density at radius 1 is 1.29 bits per heavy atom. The molecule has 2 aromatic rings. The summed E-state index contributed by atoms with van der Waals surface area (Å²) in [7, 11) is 1.29. The second kappa shape index (κ2) is 6.95. The SMILES string of the molecule is COC(=O)C[C@@H](NC(=O)c1ccco1)c1ccccc1Cl. The molecule has 1 aromatic heterocycles. The Kier molecular flexibility index (Phi) is 5.00. The number of ether oxygens (including phenoxy) is 1. The third-order valence-electron chi connectivity index (χ3n) is 2.93. The summed E-state index contributed by atoms with van der Waals surface area (Å²) in [4.78, 5) is 23.6. The molecule has 0 saturated heterocycles. The van der Waals surface area contributed by atoms with Crippen LogP contribution in [0.3, 0.4) is 0 Å². The third kappa shape index (κ3) is 3.86. The number of methoxy groups -OCH3 is 1. The quantitative estimate of drug-likeness (QED) is 0.862. The van der Waals surface area contributed by atoms with Crippen molar-refractivity contribution in [3.8, 4) is 0 Å². The Balaban J connectivity index is 2.22. The summed E-state index contributed by atoms with van der Waals surface area (Å²) in [5, 5.41) is 3.19. The van der Waals surface area contributed by atoms with Gasteiger partial charge >= 0.3 is 5.97 Å². The van der Waals surface area contributed by atoms with Gasteiger partial charge in [-0.1, -0.05) is 29.8 Å². The highest BCUT2D eigenvalue weighted by Crippen LogP contribution is 2.25. The van der Waals surface area contributed by atoms with Crippen LogP contribution < -0.4 is 5.32 Å². The molecule has 0 bridgehead atoms. The fourth-order valence-electron chi connectivity index (χ4n) is 1.88. The summed E-state index contributed by atoms with van der Waals surface area (Å²) in [6, 6.07) is 9.55. The minimum Gasteiger partial charge on any atom is -0.469 e. The van der Waals surface area contributed by atoms with Crippen LogP contribution in [0.2, 0.25) is 5.02 Å². The maximum Gasteiger partial charge on any atom is 0.307 e. The summed E-state index contributed by atoms with van der Waals surface area (Å²) in [5.41, 5.74) is 0.643. The van der Waals surface area contributed by atoms with Crippen molar-refractivity contribution >= 4 is 23.5 Å². The van der Waals surface area contributed by atoms with Crippen molar-refractivity contribution in [2.45, 2.75) is 12.5 Å². The number of amides is 1. The first-order chi connectivity index (χ1) is 10.1. The summed E-state index contributed by atoms with van der Waals surface area (Å²) in [6.45, 7) is 0. The molecule has 2 rings (SSSR count). The van der Waals surface area contributed by atoms with E-state index in [4.69, 9.17) is 16.0 Å².